The molecule has 0 radical (unpaired) electrons. The quantitative estimate of drug-likeness (QED) is 0.745. The fourth-order valence-corrected chi connectivity index (χ4v) is 2.47. The third kappa shape index (κ3) is 6.06. The number of methoxy groups -OCH3 is 2. The van der Waals surface area contributed by atoms with Crippen molar-refractivity contribution in [2.75, 3.05) is 33.9 Å². The Morgan fingerprint density at radius 3 is 2.48 bits per heavy atom. The second-order valence-electron chi connectivity index (χ2n) is 6.78. The van der Waals surface area contributed by atoms with Crippen molar-refractivity contribution in [3.05, 3.63) is 29.3 Å². The van der Waals surface area contributed by atoms with Crippen LogP contribution in [0.4, 0.5) is 0 Å². The van der Waals surface area contributed by atoms with Gasteiger partial charge in [0.15, 0.2) is 0 Å². The molecule has 1 atom stereocenters. The summed E-state index contributed by atoms with van der Waals surface area (Å²) in [5.41, 5.74) is 2.83. The van der Waals surface area contributed by atoms with Gasteiger partial charge in [-0.15, -0.1) is 0 Å². The standard InChI is InChI=1S/C18H31NO2/c1-14-7-8-17(21-6)15(11-14)12-16(18(2,3)4)13-19-9-10-20-5/h7-8,11,16,19H,9-10,12-13H2,1-6H3. The van der Waals surface area contributed by atoms with E-state index >= 15 is 0 Å². The van der Waals surface area contributed by atoms with Crippen molar-refractivity contribution in [3.8, 4) is 5.75 Å². The Balaban J connectivity index is 2.79. The van der Waals surface area contributed by atoms with Crippen LogP contribution in [0.1, 0.15) is 31.9 Å². The highest BCUT2D eigenvalue weighted by molar-refractivity contribution is 5.37. The average Bonchev–Trinajstić information content (AvgIpc) is 2.41. The van der Waals surface area contributed by atoms with Crippen LogP contribution in [-0.2, 0) is 11.2 Å². The fraction of sp³-hybridized carbons (Fsp3) is 0.667. The van der Waals surface area contributed by atoms with Gasteiger partial charge in [0.1, 0.15) is 5.75 Å². The molecule has 1 aromatic rings. The molecule has 0 aromatic heterocycles. The second kappa shape index (κ2) is 8.40. The van der Waals surface area contributed by atoms with Crippen LogP contribution in [-0.4, -0.2) is 33.9 Å². The molecule has 21 heavy (non-hydrogen) atoms. The van der Waals surface area contributed by atoms with Crippen LogP contribution in [0.5, 0.6) is 5.75 Å². The molecule has 0 saturated heterocycles. The minimum absolute atomic E-state index is 0.245. The van der Waals surface area contributed by atoms with E-state index < -0.39 is 0 Å². The smallest absolute Gasteiger partial charge is 0.122 e. The molecule has 3 nitrogen and oxygen atoms in total. The first-order chi connectivity index (χ1) is 9.88. The Labute approximate surface area is 130 Å². The largest absolute Gasteiger partial charge is 0.496 e. The summed E-state index contributed by atoms with van der Waals surface area (Å²) in [6, 6.07) is 6.42. The van der Waals surface area contributed by atoms with Gasteiger partial charge in [0, 0.05) is 13.7 Å². The van der Waals surface area contributed by atoms with E-state index in [1.807, 2.05) is 0 Å². The molecule has 1 unspecified atom stereocenters. The molecule has 0 aliphatic heterocycles. The van der Waals surface area contributed by atoms with Crippen molar-refractivity contribution in [3.63, 3.8) is 0 Å². The van der Waals surface area contributed by atoms with E-state index in [1.165, 1.54) is 11.1 Å². The predicted molar refractivity (Wildman–Crippen MR) is 89.1 cm³/mol. The van der Waals surface area contributed by atoms with Crippen LogP contribution >= 0.6 is 0 Å². The van der Waals surface area contributed by atoms with Gasteiger partial charge in [-0.1, -0.05) is 38.5 Å². The topological polar surface area (TPSA) is 30.5 Å². The number of hydrogen-bond acceptors (Lipinski definition) is 3. The zero-order chi connectivity index (χ0) is 15.9. The SMILES string of the molecule is COCCNCC(Cc1cc(C)ccc1OC)C(C)(C)C. The van der Waals surface area contributed by atoms with E-state index in [4.69, 9.17) is 9.47 Å². The second-order valence-corrected chi connectivity index (χ2v) is 6.78. The van der Waals surface area contributed by atoms with E-state index in [0.717, 1.165) is 31.9 Å². The molecule has 0 amide bonds. The monoisotopic (exact) mass is 293 g/mol. The minimum atomic E-state index is 0.245. The lowest BCUT2D eigenvalue weighted by atomic mass is 9.77. The van der Waals surface area contributed by atoms with E-state index in [-0.39, 0.29) is 5.41 Å². The Morgan fingerprint density at radius 1 is 1.19 bits per heavy atom. The van der Waals surface area contributed by atoms with Crippen LogP contribution < -0.4 is 10.1 Å². The van der Waals surface area contributed by atoms with Crippen molar-refractivity contribution < 1.29 is 9.47 Å². The zero-order valence-electron chi connectivity index (χ0n) is 14.5. The van der Waals surface area contributed by atoms with Crippen molar-refractivity contribution in [1.82, 2.24) is 5.32 Å². The number of hydrogen-bond donors (Lipinski definition) is 1. The van der Waals surface area contributed by atoms with Crippen LogP contribution in [0.2, 0.25) is 0 Å². The van der Waals surface area contributed by atoms with Gasteiger partial charge in [0.25, 0.3) is 0 Å². The lowest BCUT2D eigenvalue weighted by molar-refractivity contribution is 0.186. The molecule has 0 aliphatic rings. The number of ether oxygens (including phenoxy) is 2. The van der Waals surface area contributed by atoms with Gasteiger partial charge in [0.2, 0.25) is 0 Å². The first kappa shape index (κ1) is 18.0. The summed E-state index contributed by atoms with van der Waals surface area (Å²) in [5, 5.41) is 3.50. The van der Waals surface area contributed by atoms with Crippen LogP contribution in [0, 0.1) is 18.3 Å². The third-order valence-electron chi connectivity index (χ3n) is 4.00. The third-order valence-corrected chi connectivity index (χ3v) is 4.00. The Bertz CT molecular complexity index is 424. The molecule has 0 bridgehead atoms. The lowest BCUT2D eigenvalue weighted by Crippen LogP contribution is -2.34. The number of nitrogens with one attached hydrogen (secondary N) is 1. The van der Waals surface area contributed by atoms with Gasteiger partial charge in [0.05, 0.1) is 13.7 Å². The van der Waals surface area contributed by atoms with E-state index in [0.29, 0.717) is 5.92 Å². The zero-order valence-corrected chi connectivity index (χ0v) is 14.5. The Hall–Kier alpha value is -1.06. The van der Waals surface area contributed by atoms with Crippen LogP contribution in [0.25, 0.3) is 0 Å². The molecule has 3 heteroatoms. The summed E-state index contributed by atoms with van der Waals surface area (Å²) in [5.74, 6) is 1.54. The molecular weight excluding hydrogens is 262 g/mol. The highest BCUT2D eigenvalue weighted by Crippen LogP contribution is 2.32. The maximum atomic E-state index is 5.52. The van der Waals surface area contributed by atoms with Gasteiger partial charge in [-0.3, -0.25) is 0 Å². The van der Waals surface area contributed by atoms with Gasteiger partial charge in [-0.2, -0.15) is 0 Å². The van der Waals surface area contributed by atoms with E-state index in [2.05, 4.69) is 51.2 Å². The van der Waals surface area contributed by atoms with Gasteiger partial charge >= 0.3 is 0 Å². The maximum absolute atomic E-state index is 5.52. The summed E-state index contributed by atoms with van der Waals surface area (Å²) < 4.78 is 10.6. The summed E-state index contributed by atoms with van der Waals surface area (Å²) in [6.07, 6.45) is 1.02. The Kier molecular flexibility index (Phi) is 7.20. The summed E-state index contributed by atoms with van der Waals surface area (Å²) in [4.78, 5) is 0. The van der Waals surface area contributed by atoms with E-state index in [9.17, 15) is 0 Å². The molecule has 1 aromatic carbocycles. The first-order valence-electron chi connectivity index (χ1n) is 7.71. The molecule has 120 valence electrons. The number of rotatable bonds is 8. The summed E-state index contributed by atoms with van der Waals surface area (Å²) >= 11 is 0. The maximum Gasteiger partial charge on any atom is 0.122 e. The molecular formula is C18H31NO2. The number of aryl methyl sites for hydroxylation is 1. The van der Waals surface area contributed by atoms with E-state index in [1.54, 1.807) is 14.2 Å². The summed E-state index contributed by atoms with van der Waals surface area (Å²) in [7, 11) is 3.48. The van der Waals surface area contributed by atoms with Crippen molar-refractivity contribution in [2.45, 2.75) is 34.1 Å². The predicted octanol–water partition coefficient (Wildman–Crippen LogP) is 3.44. The van der Waals surface area contributed by atoms with Crippen LogP contribution in [0.15, 0.2) is 18.2 Å². The van der Waals surface area contributed by atoms with Crippen molar-refractivity contribution in [2.24, 2.45) is 11.3 Å². The minimum Gasteiger partial charge on any atom is -0.496 e. The fourth-order valence-electron chi connectivity index (χ4n) is 2.47. The average molecular weight is 293 g/mol. The molecule has 0 saturated carbocycles. The van der Waals surface area contributed by atoms with Crippen LogP contribution in [0.3, 0.4) is 0 Å². The Morgan fingerprint density at radius 2 is 1.90 bits per heavy atom. The van der Waals surface area contributed by atoms with Gasteiger partial charge < -0.3 is 14.8 Å². The molecule has 0 fully saturated rings. The molecule has 1 N–H and O–H groups in total. The normalized spacial score (nSPS) is 13.2. The molecule has 1 rings (SSSR count). The number of benzene rings is 1. The van der Waals surface area contributed by atoms with Gasteiger partial charge in [-0.25, -0.2) is 0 Å². The highest BCUT2D eigenvalue weighted by Gasteiger charge is 2.25. The highest BCUT2D eigenvalue weighted by atomic mass is 16.5. The lowest BCUT2D eigenvalue weighted by Gasteiger charge is -2.31. The molecule has 0 spiro atoms. The first-order valence-corrected chi connectivity index (χ1v) is 7.71. The van der Waals surface area contributed by atoms with Crippen molar-refractivity contribution in [1.29, 1.82) is 0 Å². The summed E-state index contributed by atoms with van der Waals surface area (Å²) in [6.45, 7) is 11.7. The molecule has 0 aliphatic carbocycles. The van der Waals surface area contributed by atoms with Gasteiger partial charge in [-0.05, 0) is 42.9 Å². The molecule has 0 heterocycles. The van der Waals surface area contributed by atoms with Crippen molar-refractivity contribution >= 4 is 0 Å².